The number of rotatable bonds is 0. The summed E-state index contributed by atoms with van der Waals surface area (Å²) in [5.74, 6) is -0.631. The van der Waals surface area contributed by atoms with Crippen LogP contribution in [0.3, 0.4) is 0 Å². The third kappa shape index (κ3) is 1.68. The summed E-state index contributed by atoms with van der Waals surface area (Å²) in [6.45, 7) is 0.303. The van der Waals surface area contributed by atoms with Gasteiger partial charge >= 0.3 is 29.6 Å². The van der Waals surface area contributed by atoms with Gasteiger partial charge in [-0.2, -0.15) is 0 Å². The Bertz CT molecular complexity index is 206. The van der Waals surface area contributed by atoms with Gasteiger partial charge in [-0.25, -0.2) is 0 Å². The van der Waals surface area contributed by atoms with E-state index >= 15 is 0 Å². The minimum atomic E-state index is -0.689. The summed E-state index contributed by atoms with van der Waals surface area (Å²) >= 11 is 0. The molecule has 1 spiro atoms. The van der Waals surface area contributed by atoms with Gasteiger partial charge in [-0.1, -0.05) is 12.2 Å². The molecule has 3 nitrogen and oxygen atoms in total. The second-order valence-electron chi connectivity index (χ2n) is 2.39. The molecule has 4 heteroatoms. The second-order valence-corrected chi connectivity index (χ2v) is 2.39. The topological polar surface area (TPSA) is 41.5 Å². The SMILES string of the molecule is [Na+].[O-]C1=CC=CC2(C1)OCO2. The summed E-state index contributed by atoms with van der Waals surface area (Å²) in [5, 5.41) is 10.8. The average molecular weight is 162 g/mol. The first-order valence-electron chi connectivity index (χ1n) is 3.14. The number of ether oxygens (including phenoxy) is 2. The van der Waals surface area contributed by atoms with E-state index in [4.69, 9.17) is 9.47 Å². The van der Waals surface area contributed by atoms with Crippen molar-refractivity contribution in [1.82, 2.24) is 0 Å². The van der Waals surface area contributed by atoms with Crippen LogP contribution in [0.4, 0.5) is 0 Å². The van der Waals surface area contributed by atoms with Crippen LogP contribution in [0.1, 0.15) is 6.42 Å². The van der Waals surface area contributed by atoms with Gasteiger partial charge in [-0.3, -0.25) is 0 Å². The van der Waals surface area contributed by atoms with Crippen LogP contribution in [0, 0.1) is 0 Å². The van der Waals surface area contributed by atoms with E-state index in [9.17, 15) is 5.11 Å². The normalized spacial score (nSPS) is 25.3. The van der Waals surface area contributed by atoms with Crippen LogP contribution in [-0.2, 0) is 9.47 Å². The van der Waals surface area contributed by atoms with Gasteiger partial charge in [0, 0.05) is 6.42 Å². The molecule has 1 fully saturated rings. The molecular formula is C7H7NaO3. The molecule has 0 bridgehead atoms. The van der Waals surface area contributed by atoms with Gasteiger partial charge in [0.05, 0.1) is 0 Å². The molecule has 0 aromatic heterocycles. The number of hydrogen-bond donors (Lipinski definition) is 0. The molecular weight excluding hydrogens is 155 g/mol. The predicted octanol–water partition coefficient (Wildman–Crippen LogP) is -3.10. The van der Waals surface area contributed by atoms with E-state index in [-0.39, 0.29) is 35.3 Å². The molecule has 2 aliphatic rings. The fourth-order valence-corrected chi connectivity index (χ4v) is 1.07. The zero-order valence-electron chi connectivity index (χ0n) is 6.37. The maximum absolute atomic E-state index is 10.8. The summed E-state index contributed by atoms with van der Waals surface area (Å²) in [4.78, 5) is 0. The van der Waals surface area contributed by atoms with E-state index in [0.29, 0.717) is 13.2 Å². The van der Waals surface area contributed by atoms with Crippen molar-refractivity contribution in [3.8, 4) is 0 Å². The average Bonchev–Trinajstić information content (AvgIpc) is 1.85. The molecule has 0 atom stereocenters. The third-order valence-electron chi connectivity index (χ3n) is 1.66. The van der Waals surface area contributed by atoms with E-state index < -0.39 is 5.79 Å². The molecule has 1 aliphatic heterocycles. The van der Waals surface area contributed by atoms with Gasteiger partial charge in [0.15, 0.2) is 12.6 Å². The van der Waals surface area contributed by atoms with Crippen LogP contribution in [-0.4, -0.2) is 12.6 Å². The molecule has 54 valence electrons. The fourth-order valence-electron chi connectivity index (χ4n) is 1.07. The van der Waals surface area contributed by atoms with Crippen molar-refractivity contribution in [2.75, 3.05) is 6.79 Å². The first-order valence-corrected chi connectivity index (χ1v) is 3.14. The Balaban J connectivity index is 0.000000605. The monoisotopic (exact) mass is 162 g/mol. The van der Waals surface area contributed by atoms with Gasteiger partial charge < -0.3 is 14.6 Å². The first kappa shape index (κ1) is 9.29. The van der Waals surface area contributed by atoms with Gasteiger partial charge in [0.25, 0.3) is 0 Å². The summed E-state index contributed by atoms with van der Waals surface area (Å²) in [6, 6.07) is 0. The van der Waals surface area contributed by atoms with E-state index in [0.717, 1.165) is 0 Å². The minimum Gasteiger partial charge on any atom is -0.875 e. The van der Waals surface area contributed by atoms with Crippen LogP contribution >= 0.6 is 0 Å². The van der Waals surface area contributed by atoms with Crippen molar-refractivity contribution < 1.29 is 44.1 Å². The van der Waals surface area contributed by atoms with Gasteiger partial charge in [0.2, 0.25) is 0 Å². The molecule has 1 saturated heterocycles. The number of hydrogen-bond acceptors (Lipinski definition) is 3. The second kappa shape index (κ2) is 3.29. The van der Waals surface area contributed by atoms with E-state index in [1.165, 1.54) is 6.08 Å². The van der Waals surface area contributed by atoms with Crippen LogP contribution in [0.25, 0.3) is 0 Å². The van der Waals surface area contributed by atoms with Crippen LogP contribution in [0.15, 0.2) is 24.0 Å². The molecule has 0 amide bonds. The summed E-state index contributed by atoms with van der Waals surface area (Å²) in [5.41, 5.74) is 0. The zero-order valence-corrected chi connectivity index (χ0v) is 8.37. The summed E-state index contributed by atoms with van der Waals surface area (Å²) < 4.78 is 10.2. The van der Waals surface area contributed by atoms with Crippen molar-refractivity contribution >= 4 is 0 Å². The largest absolute Gasteiger partial charge is 1.00 e. The molecule has 11 heavy (non-hydrogen) atoms. The van der Waals surface area contributed by atoms with Crippen molar-refractivity contribution in [3.63, 3.8) is 0 Å². The molecule has 0 radical (unpaired) electrons. The third-order valence-corrected chi connectivity index (χ3v) is 1.66. The van der Waals surface area contributed by atoms with E-state index in [2.05, 4.69) is 0 Å². The fraction of sp³-hybridized carbons (Fsp3) is 0.429. The van der Waals surface area contributed by atoms with Crippen LogP contribution < -0.4 is 34.7 Å². The summed E-state index contributed by atoms with van der Waals surface area (Å²) in [7, 11) is 0. The van der Waals surface area contributed by atoms with E-state index in [1.54, 1.807) is 12.2 Å². The van der Waals surface area contributed by atoms with Crippen molar-refractivity contribution in [2.24, 2.45) is 0 Å². The van der Waals surface area contributed by atoms with Crippen molar-refractivity contribution in [3.05, 3.63) is 24.0 Å². The maximum Gasteiger partial charge on any atom is 1.00 e. The van der Waals surface area contributed by atoms with Gasteiger partial charge in [0.1, 0.15) is 0 Å². The van der Waals surface area contributed by atoms with Crippen molar-refractivity contribution in [1.29, 1.82) is 0 Å². The minimum absolute atomic E-state index is 0. The Morgan fingerprint density at radius 1 is 1.45 bits per heavy atom. The quantitative estimate of drug-likeness (QED) is 0.354. The van der Waals surface area contributed by atoms with Gasteiger partial charge in [-0.15, -0.1) is 5.76 Å². The molecule has 0 aromatic rings. The molecule has 1 aliphatic carbocycles. The molecule has 2 rings (SSSR count). The molecule has 1 heterocycles. The smallest absolute Gasteiger partial charge is 0.875 e. The Kier molecular flexibility index (Phi) is 2.78. The molecule has 0 saturated carbocycles. The Labute approximate surface area is 87.0 Å². The molecule has 0 unspecified atom stereocenters. The molecule has 0 N–H and O–H groups in total. The Morgan fingerprint density at radius 3 is 2.55 bits per heavy atom. The van der Waals surface area contributed by atoms with Crippen molar-refractivity contribution in [2.45, 2.75) is 12.2 Å². The standard InChI is InChI=1S/C7H8O3.Na/c8-6-2-1-3-7(4-6)9-5-10-7;/h1-3,8H,4-5H2;/q;+1/p-1. The molecule has 0 aromatic carbocycles. The maximum atomic E-state index is 10.8. The first-order chi connectivity index (χ1) is 4.81. The van der Waals surface area contributed by atoms with Gasteiger partial charge in [-0.05, 0) is 6.08 Å². The Hall–Kier alpha value is 0.200. The van der Waals surface area contributed by atoms with Crippen LogP contribution in [0.2, 0.25) is 0 Å². The Morgan fingerprint density at radius 2 is 2.18 bits per heavy atom. The van der Waals surface area contributed by atoms with Crippen LogP contribution in [0.5, 0.6) is 0 Å². The number of allylic oxidation sites excluding steroid dienone is 2. The zero-order chi connectivity index (χ0) is 7.03. The van der Waals surface area contributed by atoms with E-state index in [1.807, 2.05) is 0 Å². The predicted molar refractivity (Wildman–Crippen MR) is 31.6 cm³/mol. The summed E-state index contributed by atoms with van der Waals surface area (Å²) in [6.07, 6.45) is 5.28.